The number of aryl methyl sites for hydroxylation is 1. The van der Waals surface area contributed by atoms with Gasteiger partial charge in [-0.05, 0) is 61.6 Å². The summed E-state index contributed by atoms with van der Waals surface area (Å²) in [4.78, 5) is 15.4. The zero-order chi connectivity index (χ0) is 26.3. The molecule has 2 N–H and O–H groups in total. The van der Waals surface area contributed by atoms with Gasteiger partial charge in [0.1, 0.15) is 22.4 Å². The smallest absolute Gasteiger partial charge is 0.367 e. The lowest BCUT2D eigenvalue weighted by Crippen LogP contribution is -2.39. The first kappa shape index (κ1) is 25.2. The number of nitrogens with zero attached hydrogens (tertiary/aromatic N) is 4. The lowest BCUT2D eigenvalue weighted by Gasteiger charge is -2.33. The summed E-state index contributed by atoms with van der Waals surface area (Å²) in [5.41, 5.74) is 4.62. The number of alkyl halides is 3. The molecule has 0 aliphatic carbocycles. The van der Waals surface area contributed by atoms with E-state index in [1.54, 1.807) is 13.0 Å². The van der Waals surface area contributed by atoms with Gasteiger partial charge in [0.2, 0.25) is 0 Å². The first-order chi connectivity index (χ1) is 17.6. The van der Waals surface area contributed by atoms with Gasteiger partial charge in [-0.15, -0.1) is 11.3 Å². The Morgan fingerprint density at radius 2 is 2.00 bits per heavy atom. The predicted octanol–water partition coefficient (Wildman–Crippen LogP) is 6.57. The summed E-state index contributed by atoms with van der Waals surface area (Å²) in [7, 11) is 0. The molecule has 0 unspecified atom stereocenters. The van der Waals surface area contributed by atoms with Crippen LogP contribution >= 0.6 is 11.3 Å². The molecule has 1 saturated heterocycles. The maximum absolute atomic E-state index is 13.0. The van der Waals surface area contributed by atoms with Crippen molar-refractivity contribution in [3.63, 3.8) is 0 Å². The van der Waals surface area contributed by atoms with Gasteiger partial charge in [-0.25, -0.2) is 9.97 Å². The Balaban J connectivity index is 1.29. The standard InChI is InChI=1S/C27H27F3N6S/c1-15(2)24-34-25(22-11-20(12-27(28,29)30)37-26(22)35-24)33-18-6-8-36(9-7-18)14-17-4-5-23-21(16(17)3)10-19(13-31)32-23/h4-5,10-11,18,32H,1,6-9,12,14H2,2-3H3,(H,33,34,35). The number of anilines is 1. The van der Waals surface area contributed by atoms with Gasteiger partial charge in [0.25, 0.3) is 0 Å². The Hall–Kier alpha value is -3.42. The third-order valence-electron chi connectivity index (χ3n) is 6.83. The number of rotatable bonds is 6. The minimum atomic E-state index is -4.27. The SMILES string of the molecule is C=C(C)c1nc(NC2CCN(Cc3ccc4[nH]c(C#N)cc4c3C)CC2)c2cc(CC(F)(F)F)sc2n1. The molecule has 1 aromatic carbocycles. The van der Waals surface area contributed by atoms with Crippen molar-refractivity contribution >= 4 is 43.8 Å². The quantitative estimate of drug-likeness (QED) is 0.298. The number of allylic oxidation sites excluding steroid dienone is 1. The van der Waals surface area contributed by atoms with E-state index in [9.17, 15) is 18.4 Å². The van der Waals surface area contributed by atoms with Crippen LogP contribution in [0.15, 0.2) is 30.8 Å². The number of benzene rings is 1. The summed E-state index contributed by atoms with van der Waals surface area (Å²) in [6.07, 6.45) is -3.47. The number of hydrogen-bond acceptors (Lipinski definition) is 6. The normalized spacial score (nSPS) is 15.4. The zero-order valence-electron chi connectivity index (χ0n) is 20.7. The van der Waals surface area contributed by atoms with E-state index in [1.165, 1.54) is 11.1 Å². The van der Waals surface area contributed by atoms with Crippen molar-refractivity contribution in [2.24, 2.45) is 0 Å². The van der Waals surface area contributed by atoms with Crippen LogP contribution in [0.5, 0.6) is 0 Å². The number of thiophene rings is 1. The molecule has 10 heteroatoms. The van der Waals surface area contributed by atoms with Gasteiger partial charge in [-0.1, -0.05) is 12.6 Å². The predicted molar refractivity (Wildman–Crippen MR) is 142 cm³/mol. The summed E-state index contributed by atoms with van der Waals surface area (Å²) < 4.78 is 39.0. The minimum Gasteiger partial charge on any atom is -0.367 e. The Morgan fingerprint density at radius 1 is 1.24 bits per heavy atom. The van der Waals surface area contributed by atoms with Crippen LogP contribution in [0.4, 0.5) is 19.0 Å². The van der Waals surface area contributed by atoms with Crippen molar-refractivity contribution in [3.05, 3.63) is 58.4 Å². The molecule has 192 valence electrons. The van der Waals surface area contributed by atoms with Crippen molar-refractivity contribution in [2.45, 2.75) is 51.9 Å². The molecule has 37 heavy (non-hydrogen) atoms. The molecule has 0 saturated carbocycles. The number of likely N-dealkylation sites (tertiary alicyclic amines) is 1. The number of nitrogens with one attached hydrogen (secondary N) is 2. The Labute approximate surface area is 216 Å². The summed E-state index contributed by atoms with van der Waals surface area (Å²) >= 11 is 1.06. The number of H-pyrrole nitrogens is 1. The second kappa shape index (κ2) is 9.80. The third-order valence-corrected chi connectivity index (χ3v) is 7.86. The third kappa shape index (κ3) is 5.48. The Bertz CT molecular complexity index is 1520. The average Bonchev–Trinajstić information content (AvgIpc) is 3.44. The molecule has 0 bridgehead atoms. The second-order valence-corrected chi connectivity index (χ2v) is 10.8. The van der Waals surface area contributed by atoms with Crippen molar-refractivity contribution in [3.8, 4) is 6.07 Å². The van der Waals surface area contributed by atoms with Crippen LogP contribution in [0.1, 0.15) is 47.3 Å². The summed E-state index contributed by atoms with van der Waals surface area (Å²) in [5, 5.41) is 14.4. The fourth-order valence-electron chi connectivity index (χ4n) is 4.85. The van der Waals surface area contributed by atoms with E-state index in [0.717, 1.165) is 54.7 Å². The molecule has 0 atom stereocenters. The van der Waals surface area contributed by atoms with Crippen LogP contribution in [0.2, 0.25) is 0 Å². The maximum Gasteiger partial charge on any atom is 0.393 e. The van der Waals surface area contributed by atoms with Crippen molar-refractivity contribution in [2.75, 3.05) is 18.4 Å². The van der Waals surface area contributed by atoms with Crippen LogP contribution in [0, 0.1) is 18.3 Å². The van der Waals surface area contributed by atoms with Gasteiger partial charge in [0, 0.05) is 41.5 Å². The molecule has 0 spiro atoms. The first-order valence-corrected chi connectivity index (χ1v) is 12.9. The van der Waals surface area contributed by atoms with Crippen molar-refractivity contribution < 1.29 is 13.2 Å². The largest absolute Gasteiger partial charge is 0.393 e. The van der Waals surface area contributed by atoms with E-state index in [1.807, 2.05) is 12.1 Å². The fourth-order valence-corrected chi connectivity index (χ4v) is 5.91. The Kier molecular flexibility index (Phi) is 6.68. The summed E-state index contributed by atoms with van der Waals surface area (Å²) in [6, 6.07) is 9.93. The van der Waals surface area contributed by atoms with Crippen LogP contribution < -0.4 is 5.32 Å². The van der Waals surface area contributed by atoms with Gasteiger partial charge in [-0.2, -0.15) is 18.4 Å². The molecule has 5 rings (SSSR count). The first-order valence-electron chi connectivity index (χ1n) is 12.1. The molecule has 4 aromatic rings. The highest BCUT2D eigenvalue weighted by molar-refractivity contribution is 7.18. The van der Waals surface area contributed by atoms with Crippen LogP contribution in [0.25, 0.3) is 26.7 Å². The number of piperidine rings is 1. The van der Waals surface area contributed by atoms with Crippen molar-refractivity contribution in [1.29, 1.82) is 5.26 Å². The number of aromatic amines is 1. The van der Waals surface area contributed by atoms with E-state index in [4.69, 9.17) is 0 Å². The number of nitriles is 1. The van der Waals surface area contributed by atoms with Gasteiger partial charge in [0.15, 0.2) is 5.82 Å². The van der Waals surface area contributed by atoms with Gasteiger partial charge >= 0.3 is 6.18 Å². The molecule has 6 nitrogen and oxygen atoms in total. The van der Waals surface area contributed by atoms with Gasteiger partial charge < -0.3 is 10.3 Å². The topological polar surface area (TPSA) is 80.6 Å². The highest BCUT2D eigenvalue weighted by atomic mass is 32.1. The van der Waals surface area contributed by atoms with Crippen molar-refractivity contribution in [1.82, 2.24) is 19.9 Å². The molecule has 0 amide bonds. The average molecular weight is 525 g/mol. The molecular formula is C27H27F3N6S. The second-order valence-electron chi connectivity index (χ2n) is 9.70. The van der Waals surface area contributed by atoms with Crippen LogP contribution in [-0.2, 0) is 13.0 Å². The molecular weight excluding hydrogens is 497 g/mol. The monoisotopic (exact) mass is 524 g/mol. The van der Waals surface area contributed by atoms with Gasteiger partial charge in [-0.3, -0.25) is 4.90 Å². The number of aromatic nitrogens is 3. The lowest BCUT2D eigenvalue weighted by molar-refractivity contribution is -0.126. The maximum atomic E-state index is 13.0. The molecule has 4 heterocycles. The molecule has 0 radical (unpaired) electrons. The number of fused-ring (bicyclic) bond motifs is 2. The highest BCUT2D eigenvalue weighted by Crippen LogP contribution is 2.34. The number of hydrogen-bond donors (Lipinski definition) is 2. The van der Waals surface area contributed by atoms with Gasteiger partial charge in [0.05, 0.1) is 11.8 Å². The molecule has 1 aliphatic heterocycles. The zero-order valence-corrected chi connectivity index (χ0v) is 21.5. The summed E-state index contributed by atoms with van der Waals surface area (Å²) in [5.74, 6) is 1.02. The van der Waals surface area contributed by atoms with Crippen LogP contribution in [-0.4, -0.2) is 45.2 Å². The molecule has 3 aromatic heterocycles. The molecule has 1 fully saturated rings. The van der Waals surface area contributed by atoms with E-state index >= 15 is 0 Å². The van der Waals surface area contributed by atoms with Crippen LogP contribution in [0.3, 0.4) is 0 Å². The van der Waals surface area contributed by atoms with E-state index in [0.29, 0.717) is 33.1 Å². The summed E-state index contributed by atoms with van der Waals surface area (Å²) in [6.45, 7) is 10.4. The van der Waals surface area contributed by atoms with E-state index in [-0.39, 0.29) is 10.9 Å². The molecule has 1 aliphatic rings. The highest BCUT2D eigenvalue weighted by Gasteiger charge is 2.29. The lowest BCUT2D eigenvalue weighted by atomic mass is 10.0. The number of halogens is 3. The van der Waals surface area contributed by atoms with E-state index in [2.05, 4.69) is 50.8 Å². The Morgan fingerprint density at radius 3 is 2.68 bits per heavy atom. The minimum absolute atomic E-state index is 0.157. The fraction of sp³-hybridized carbons (Fsp3) is 0.370. The van der Waals surface area contributed by atoms with E-state index < -0.39 is 12.6 Å².